The third-order valence-corrected chi connectivity index (χ3v) is 4.93. The summed E-state index contributed by atoms with van der Waals surface area (Å²) < 4.78 is 7.93. The Bertz CT molecular complexity index is 1170. The van der Waals surface area contributed by atoms with Gasteiger partial charge < -0.3 is 10.1 Å². The molecule has 0 spiro atoms. The number of hydrogen-bond acceptors (Lipinski definition) is 5. The van der Waals surface area contributed by atoms with Gasteiger partial charge in [-0.15, -0.1) is 0 Å². The van der Waals surface area contributed by atoms with E-state index in [0.29, 0.717) is 31.7 Å². The number of nitrogens with one attached hydrogen (secondary N) is 1. The van der Waals surface area contributed by atoms with E-state index < -0.39 is 17.2 Å². The lowest BCUT2D eigenvalue weighted by Crippen LogP contribution is -2.43. The second kappa shape index (κ2) is 9.39. The highest BCUT2D eigenvalue weighted by atomic mass is 16.5. The first-order valence-electron chi connectivity index (χ1n) is 10.0. The largest absolute Gasteiger partial charge is 0.493 e. The van der Waals surface area contributed by atoms with E-state index in [0.717, 1.165) is 15.7 Å². The molecule has 1 amide bonds. The highest BCUT2D eigenvalue weighted by Gasteiger charge is 2.20. The van der Waals surface area contributed by atoms with Crippen molar-refractivity contribution in [1.82, 2.24) is 19.4 Å². The number of aryl methyl sites for hydroxylation is 2. The van der Waals surface area contributed by atoms with Crippen molar-refractivity contribution >= 4 is 16.9 Å². The van der Waals surface area contributed by atoms with Crippen LogP contribution >= 0.6 is 0 Å². The molecule has 0 radical (unpaired) electrons. The summed E-state index contributed by atoms with van der Waals surface area (Å²) in [5, 5.41) is 2.99. The molecule has 3 aromatic rings. The van der Waals surface area contributed by atoms with Gasteiger partial charge in [0.25, 0.3) is 5.56 Å². The molecule has 1 N–H and O–H groups in total. The van der Waals surface area contributed by atoms with Crippen molar-refractivity contribution in [3.05, 3.63) is 68.5 Å². The molecule has 0 bridgehead atoms. The maximum absolute atomic E-state index is 13.1. The Hall–Kier alpha value is -3.42. The van der Waals surface area contributed by atoms with Gasteiger partial charge in [-0.25, -0.2) is 14.3 Å². The lowest BCUT2D eigenvalue weighted by atomic mass is 10.1. The first-order valence-corrected chi connectivity index (χ1v) is 10.0. The molecule has 8 heteroatoms. The molecule has 0 saturated heterocycles. The SMILES string of the molecule is CCOc1c(CC)cnc2c1c(=O)n(CC(=O)NCCc1ccccc1)c(=O)n2C. The van der Waals surface area contributed by atoms with Crippen molar-refractivity contribution in [2.45, 2.75) is 33.2 Å². The number of carbonyl (C=O) groups excluding carboxylic acids is 1. The molecule has 0 aliphatic heterocycles. The molecule has 0 aliphatic rings. The Morgan fingerprint density at radius 3 is 2.57 bits per heavy atom. The average Bonchev–Trinajstić information content (AvgIpc) is 2.76. The molecular weight excluding hydrogens is 384 g/mol. The van der Waals surface area contributed by atoms with Crippen LogP contribution in [0.3, 0.4) is 0 Å². The molecule has 0 fully saturated rings. The average molecular weight is 410 g/mol. The Balaban J connectivity index is 1.91. The quantitative estimate of drug-likeness (QED) is 0.606. The number of benzene rings is 1. The Labute approximate surface area is 174 Å². The van der Waals surface area contributed by atoms with E-state index in [1.54, 1.807) is 6.20 Å². The molecule has 2 heterocycles. The number of rotatable bonds is 8. The number of amides is 1. The molecule has 1 aromatic carbocycles. The van der Waals surface area contributed by atoms with E-state index >= 15 is 0 Å². The van der Waals surface area contributed by atoms with Crippen LogP contribution in [0.25, 0.3) is 11.0 Å². The summed E-state index contributed by atoms with van der Waals surface area (Å²) in [7, 11) is 1.53. The normalized spacial score (nSPS) is 10.9. The zero-order valence-electron chi connectivity index (χ0n) is 17.5. The molecule has 0 saturated carbocycles. The third-order valence-electron chi connectivity index (χ3n) is 4.93. The fraction of sp³-hybridized carbons (Fsp3) is 0.364. The van der Waals surface area contributed by atoms with Crippen LogP contribution in [-0.2, 0) is 31.2 Å². The molecule has 0 atom stereocenters. The van der Waals surface area contributed by atoms with Crippen LogP contribution in [0.15, 0.2) is 46.1 Å². The van der Waals surface area contributed by atoms with E-state index in [1.807, 2.05) is 44.2 Å². The zero-order valence-corrected chi connectivity index (χ0v) is 17.5. The van der Waals surface area contributed by atoms with Crippen LogP contribution in [0, 0.1) is 0 Å². The molecule has 30 heavy (non-hydrogen) atoms. The van der Waals surface area contributed by atoms with Crippen molar-refractivity contribution < 1.29 is 9.53 Å². The summed E-state index contributed by atoms with van der Waals surface area (Å²) >= 11 is 0. The van der Waals surface area contributed by atoms with Gasteiger partial charge in [0.2, 0.25) is 5.91 Å². The Morgan fingerprint density at radius 2 is 1.90 bits per heavy atom. The highest BCUT2D eigenvalue weighted by molar-refractivity contribution is 5.83. The lowest BCUT2D eigenvalue weighted by Gasteiger charge is -2.15. The van der Waals surface area contributed by atoms with Crippen LogP contribution in [0.4, 0.5) is 0 Å². The number of aromatic nitrogens is 3. The third kappa shape index (κ3) is 4.27. The summed E-state index contributed by atoms with van der Waals surface area (Å²) in [6.45, 7) is 4.18. The van der Waals surface area contributed by atoms with Crippen LogP contribution in [0.1, 0.15) is 25.0 Å². The summed E-state index contributed by atoms with van der Waals surface area (Å²) in [6.07, 6.45) is 2.91. The number of carbonyl (C=O) groups is 1. The number of hydrogen-bond donors (Lipinski definition) is 1. The number of ether oxygens (including phenoxy) is 1. The van der Waals surface area contributed by atoms with Crippen molar-refractivity contribution in [2.24, 2.45) is 7.05 Å². The minimum Gasteiger partial charge on any atom is -0.493 e. The summed E-state index contributed by atoms with van der Waals surface area (Å²) in [5.74, 6) is 0.0193. The van der Waals surface area contributed by atoms with E-state index in [2.05, 4.69) is 10.3 Å². The lowest BCUT2D eigenvalue weighted by molar-refractivity contribution is -0.121. The van der Waals surface area contributed by atoms with Crippen molar-refractivity contribution in [1.29, 1.82) is 0 Å². The van der Waals surface area contributed by atoms with Crippen LogP contribution in [-0.4, -0.2) is 33.2 Å². The predicted molar refractivity (Wildman–Crippen MR) is 115 cm³/mol. The van der Waals surface area contributed by atoms with Gasteiger partial charge in [-0.1, -0.05) is 37.3 Å². The monoisotopic (exact) mass is 410 g/mol. The zero-order chi connectivity index (χ0) is 21.7. The Kier molecular flexibility index (Phi) is 6.66. The van der Waals surface area contributed by atoms with Gasteiger partial charge in [-0.2, -0.15) is 0 Å². The first kappa shape index (κ1) is 21.3. The second-order valence-electron chi connectivity index (χ2n) is 6.92. The minimum atomic E-state index is -0.593. The predicted octanol–water partition coefficient (Wildman–Crippen LogP) is 1.42. The van der Waals surface area contributed by atoms with Crippen molar-refractivity contribution in [2.75, 3.05) is 13.2 Å². The van der Waals surface area contributed by atoms with Gasteiger partial charge in [0.05, 0.1) is 6.61 Å². The van der Waals surface area contributed by atoms with Gasteiger partial charge in [-0.05, 0) is 25.3 Å². The smallest absolute Gasteiger partial charge is 0.332 e. The minimum absolute atomic E-state index is 0.218. The number of nitrogens with zero attached hydrogens (tertiary/aromatic N) is 3. The topological polar surface area (TPSA) is 95.2 Å². The van der Waals surface area contributed by atoms with Gasteiger partial charge >= 0.3 is 5.69 Å². The molecular formula is C22H26N4O4. The van der Waals surface area contributed by atoms with Gasteiger partial charge in [0.15, 0.2) is 5.65 Å². The second-order valence-corrected chi connectivity index (χ2v) is 6.92. The molecule has 2 aromatic heterocycles. The molecule has 158 valence electrons. The fourth-order valence-electron chi connectivity index (χ4n) is 3.36. The summed E-state index contributed by atoms with van der Waals surface area (Å²) in [6, 6.07) is 9.75. The molecule has 8 nitrogen and oxygen atoms in total. The van der Waals surface area contributed by atoms with Crippen molar-refractivity contribution in [3.63, 3.8) is 0 Å². The summed E-state index contributed by atoms with van der Waals surface area (Å²) in [4.78, 5) is 42.6. The van der Waals surface area contributed by atoms with Crippen molar-refractivity contribution in [3.8, 4) is 5.75 Å². The molecule has 0 aliphatic carbocycles. The standard InChI is InChI=1S/C22H26N4O4/c1-4-16-13-24-20-18(19(16)30-5-2)21(28)26(22(29)25(20)3)14-17(27)23-12-11-15-9-7-6-8-10-15/h6-10,13H,4-5,11-12,14H2,1-3H3,(H,23,27). The molecule has 0 unspecified atom stereocenters. The van der Waals surface area contributed by atoms with Crippen LogP contribution in [0.2, 0.25) is 0 Å². The van der Waals surface area contributed by atoms with Crippen LogP contribution in [0.5, 0.6) is 5.75 Å². The van der Waals surface area contributed by atoms with Gasteiger partial charge in [-0.3, -0.25) is 14.2 Å². The first-order chi connectivity index (χ1) is 14.5. The number of pyridine rings is 1. The highest BCUT2D eigenvalue weighted by Crippen LogP contribution is 2.25. The maximum atomic E-state index is 13.1. The Morgan fingerprint density at radius 1 is 1.17 bits per heavy atom. The van der Waals surface area contributed by atoms with Crippen LogP contribution < -0.4 is 21.3 Å². The van der Waals surface area contributed by atoms with Gasteiger partial charge in [0.1, 0.15) is 17.7 Å². The number of fused-ring (bicyclic) bond motifs is 1. The van der Waals surface area contributed by atoms with Gasteiger partial charge in [0, 0.05) is 25.4 Å². The van der Waals surface area contributed by atoms with E-state index in [9.17, 15) is 14.4 Å². The fourth-order valence-corrected chi connectivity index (χ4v) is 3.36. The summed E-state index contributed by atoms with van der Waals surface area (Å²) in [5.41, 5.74) is 0.948. The van der Waals surface area contributed by atoms with E-state index in [4.69, 9.17) is 4.74 Å². The maximum Gasteiger partial charge on any atom is 0.332 e. The van der Waals surface area contributed by atoms with E-state index in [1.165, 1.54) is 11.6 Å². The molecule has 3 rings (SSSR count). The van der Waals surface area contributed by atoms with E-state index in [-0.39, 0.29) is 17.6 Å².